The summed E-state index contributed by atoms with van der Waals surface area (Å²) < 4.78 is 3.72. The lowest BCUT2D eigenvalue weighted by Crippen LogP contribution is -2.33. The highest BCUT2D eigenvalue weighted by Gasteiger charge is 2.34. The first-order valence-electron chi connectivity index (χ1n) is 8.31. The van der Waals surface area contributed by atoms with E-state index in [1.807, 2.05) is 39.0 Å². The highest BCUT2D eigenvalue weighted by Crippen LogP contribution is 2.32. The number of aryl methyl sites for hydroxylation is 2. The van der Waals surface area contributed by atoms with Crippen molar-refractivity contribution >= 4 is 5.91 Å². The molecule has 1 unspecified atom stereocenters. The van der Waals surface area contributed by atoms with E-state index in [2.05, 4.69) is 24.8 Å². The molecule has 24 heavy (non-hydrogen) atoms. The fourth-order valence-corrected chi connectivity index (χ4v) is 3.24. The van der Waals surface area contributed by atoms with Crippen LogP contribution in [0.1, 0.15) is 40.9 Å². The van der Waals surface area contributed by atoms with Gasteiger partial charge in [0.15, 0.2) is 5.82 Å². The van der Waals surface area contributed by atoms with Crippen molar-refractivity contribution < 1.29 is 4.79 Å². The molecule has 1 atom stereocenters. The zero-order valence-corrected chi connectivity index (χ0v) is 14.8. The van der Waals surface area contributed by atoms with Crippen LogP contribution in [0.2, 0.25) is 0 Å². The number of hydrogen-bond donors (Lipinski definition) is 0. The Hall–Kier alpha value is -2.22. The lowest BCUT2D eigenvalue weighted by Gasteiger charge is -2.24. The van der Waals surface area contributed by atoms with Gasteiger partial charge in [-0.15, -0.1) is 10.2 Å². The first kappa shape index (κ1) is 16.6. The molecule has 1 saturated heterocycles. The van der Waals surface area contributed by atoms with Crippen LogP contribution in [0.4, 0.5) is 0 Å². The van der Waals surface area contributed by atoms with Crippen molar-refractivity contribution in [2.75, 3.05) is 27.2 Å². The third-order valence-corrected chi connectivity index (χ3v) is 4.47. The molecule has 3 rings (SSSR count). The Balaban J connectivity index is 1.82. The van der Waals surface area contributed by atoms with Gasteiger partial charge < -0.3 is 14.4 Å². The quantitative estimate of drug-likeness (QED) is 0.812. The van der Waals surface area contributed by atoms with Crippen LogP contribution in [0.15, 0.2) is 12.4 Å². The van der Waals surface area contributed by atoms with Crippen molar-refractivity contribution in [3.8, 4) is 0 Å². The normalized spacial score (nSPS) is 17.9. The van der Waals surface area contributed by atoms with E-state index < -0.39 is 0 Å². The van der Waals surface area contributed by atoms with Crippen LogP contribution in [0.5, 0.6) is 0 Å². The standard InChI is InChI=1S/C16H25N7O/c1-12-10-14(21(4)19-12)16(24)23-7-5-6-13(23)15-18-17-11-22(15)9-8-20(2)3/h10-11,13H,5-9H2,1-4H3. The van der Waals surface area contributed by atoms with Gasteiger partial charge in [0.25, 0.3) is 5.91 Å². The molecule has 2 aromatic rings. The number of likely N-dealkylation sites (tertiary alicyclic amines) is 1. The number of nitrogens with zero attached hydrogens (tertiary/aromatic N) is 7. The number of hydrogen-bond acceptors (Lipinski definition) is 5. The summed E-state index contributed by atoms with van der Waals surface area (Å²) >= 11 is 0. The maximum atomic E-state index is 13.0. The highest BCUT2D eigenvalue weighted by atomic mass is 16.2. The second kappa shape index (κ2) is 6.72. The van der Waals surface area contributed by atoms with Crippen LogP contribution in [-0.4, -0.2) is 67.4 Å². The third-order valence-electron chi connectivity index (χ3n) is 4.47. The summed E-state index contributed by atoms with van der Waals surface area (Å²) in [6.07, 6.45) is 3.66. The maximum Gasteiger partial charge on any atom is 0.272 e. The SMILES string of the molecule is Cc1cc(C(=O)N2CCCC2c2nncn2CCN(C)C)n(C)n1. The Labute approximate surface area is 142 Å². The topological polar surface area (TPSA) is 72.1 Å². The largest absolute Gasteiger partial charge is 0.327 e. The summed E-state index contributed by atoms with van der Waals surface area (Å²) in [5.74, 6) is 0.893. The van der Waals surface area contributed by atoms with E-state index in [4.69, 9.17) is 0 Å². The molecule has 1 amide bonds. The van der Waals surface area contributed by atoms with Crippen LogP contribution < -0.4 is 0 Å². The molecule has 1 aliphatic rings. The highest BCUT2D eigenvalue weighted by molar-refractivity contribution is 5.93. The summed E-state index contributed by atoms with van der Waals surface area (Å²) in [5.41, 5.74) is 1.48. The molecule has 1 aliphatic heterocycles. The van der Waals surface area contributed by atoms with Gasteiger partial charge in [-0.05, 0) is 39.9 Å². The molecule has 3 heterocycles. The van der Waals surface area contributed by atoms with Crippen LogP contribution in [0.3, 0.4) is 0 Å². The molecule has 0 aromatic carbocycles. The minimum atomic E-state index is -0.0163. The van der Waals surface area contributed by atoms with E-state index in [1.54, 1.807) is 11.0 Å². The van der Waals surface area contributed by atoms with Crippen molar-refractivity contribution in [3.63, 3.8) is 0 Å². The molecule has 0 aliphatic carbocycles. The molecule has 0 radical (unpaired) electrons. The summed E-state index contributed by atoms with van der Waals surface area (Å²) in [4.78, 5) is 17.0. The summed E-state index contributed by atoms with van der Waals surface area (Å²) in [6, 6.07) is 1.83. The second-order valence-electron chi connectivity index (χ2n) is 6.64. The van der Waals surface area contributed by atoms with Crippen LogP contribution in [0.25, 0.3) is 0 Å². The average Bonchev–Trinajstić information content (AvgIpc) is 3.22. The van der Waals surface area contributed by atoms with E-state index >= 15 is 0 Å². The Morgan fingerprint density at radius 3 is 2.88 bits per heavy atom. The molecule has 8 heteroatoms. The van der Waals surface area contributed by atoms with Crippen LogP contribution in [-0.2, 0) is 13.6 Å². The Morgan fingerprint density at radius 2 is 2.21 bits per heavy atom. The van der Waals surface area contributed by atoms with Crippen LogP contribution >= 0.6 is 0 Å². The molecule has 0 spiro atoms. The van der Waals surface area contributed by atoms with Crippen molar-refractivity contribution in [1.29, 1.82) is 0 Å². The van der Waals surface area contributed by atoms with Gasteiger partial charge in [0.05, 0.1) is 11.7 Å². The fourth-order valence-electron chi connectivity index (χ4n) is 3.24. The molecular formula is C16H25N7O. The van der Waals surface area contributed by atoms with E-state index in [-0.39, 0.29) is 11.9 Å². The smallest absolute Gasteiger partial charge is 0.272 e. The molecule has 2 aromatic heterocycles. The number of amides is 1. The van der Waals surface area contributed by atoms with Gasteiger partial charge in [-0.1, -0.05) is 0 Å². The number of likely N-dealkylation sites (N-methyl/N-ethyl adjacent to an activating group) is 1. The van der Waals surface area contributed by atoms with Crippen molar-refractivity contribution in [1.82, 2.24) is 34.3 Å². The van der Waals surface area contributed by atoms with Gasteiger partial charge >= 0.3 is 0 Å². The minimum absolute atomic E-state index is 0.0163. The number of rotatable bonds is 5. The Bertz CT molecular complexity index is 718. The summed E-state index contributed by atoms with van der Waals surface area (Å²) in [7, 11) is 5.89. The van der Waals surface area contributed by atoms with E-state index in [0.717, 1.165) is 44.0 Å². The zero-order chi connectivity index (χ0) is 17.3. The average molecular weight is 331 g/mol. The summed E-state index contributed by atoms with van der Waals surface area (Å²) in [5, 5.41) is 12.7. The molecular weight excluding hydrogens is 306 g/mol. The second-order valence-corrected chi connectivity index (χ2v) is 6.64. The van der Waals surface area contributed by atoms with Gasteiger partial charge in [-0.2, -0.15) is 5.10 Å². The van der Waals surface area contributed by atoms with E-state index in [9.17, 15) is 4.79 Å². The predicted octanol–water partition coefficient (Wildman–Crippen LogP) is 0.859. The van der Waals surface area contributed by atoms with Gasteiger partial charge in [-0.25, -0.2) is 0 Å². The van der Waals surface area contributed by atoms with Gasteiger partial charge in [0.2, 0.25) is 0 Å². The van der Waals surface area contributed by atoms with Gasteiger partial charge in [0.1, 0.15) is 12.0 Å². The monoisotopic (exact) mass is 331 g/mol. The molecule has 0 bridgehead atoms. The first-order valence-corrected chi connectivity index (χ1v) is 8.31. The zero-order valence-electron chi connectivity index (χ0n) is 14.8. The Morgan fingerprint density at radius 1 is 1.42 bits per heavy atom. The third kappa shape index (κ3) is 3.19. The molecule has 8 nitrogen and oxygen atoms in total. The van der Waals surface area contributed by atoms with Crippen molar-refractivity contribution in [3.05, 3.63) is 29.6 Å². The molecule has 1 fully saturated rings. The molecule has 0 N–H and O–H groups in total. The van der Waals surface area contributed by atoms with Gasteiger partial charge in [-0.3, -0.25) is 9.48 Å². The summed E-state index contributed by atoms with van der Waals surface area (Å²) in [6.45, 7) is 4.37. The van der Waals surface area contributed by atoms with Crippen LogP contribution in [0, 0.1) is 6.92 Å². The number of aromatic nitrogens is 5. The van der Waals surface area contributed by atoms with E-state index in [1.165, 1.54) is 0 Å². The lowest BCUT2D eigenvalue weighted by atomic mass is 10.2. The number of carbonyl (C=O) groups excluding carboxylic acids is 1. The Kier molecular flexibility index (Phi) is 4.66. The minimum Gasteiger partial charge on any atom is -0.327 e. The fraction of sp³-hybridized carbons (Fsp3) is 0.625. The predicted molar refractivity (Wildman–Crippen MR) is 89.5 cm³/mol. The first-order chi connectivity index (χ1) is 11.5. The lowest BCUT2D eigenvalue weighted by molar-refractivity contribution is 0.0715. The van der Waals surface area contributed by atoms with Crippen molar-refractivity contribution in [2.45, 2.75) is 32.4 Å². The number of carbonyl (C=O) groups is 1. The molecule has 130 valence electrons. The van der Waals surface area contributed by atoms with E-state index in [0.29, 0.717) is 5.69 Å². The van der Waals surface area contributed by atoms with Crippen molar-refractivity contribution in [2.24, 2.45) is 7.05 Å². The maximum absolute atomic E-state index is 13.0. The van der Waals surface area contributed by atoms with Gasteiger partial charge in [0, 0.05) is 26.7 Å². The molecule has 0 saturated carbocycles.